The zero-order valence-electron chi connectivity index (χ0n) is 19.9. The maximum absolute atomic E-state index is 13.4. The molecule has 1 N–H and O–H groups in total. The second-order valence-corrected chi connectivity index (χ2v) is 10.8. The second kappa shape index (κ2) is 10.0. The summed E-state index contributed by atoms with van der Waals surface area (Å²) in [6.07, 6.45) is 3.24. The Balaban J connectivity index is 1.79. The van der Waals surface area contributed by atoms with Gasteiger partial charge in [-0.25, -0.2) is 13.4 Å². The van der Waals surface area contributed by atoms with Gasteiger partial charge in [0.25, 0.3) is 5.91 Å². The summed E-state index contributed by atoms with van der Waals surface area (Å²) in [4.78, 5) is 31.0. The molecule has 0 atom stereocenters. The van der Waals surface area contributed by atoms with Crippen molar-refractivity contribution in [3.8, 4) is 0 Å². The van der Waals surface area contributed by atoms with E-state index in [1.807, 2.05) is 13.0 Å². The minimum absolute atomic E-state index is 0.155. The normalized spacial score (nSPS) is 15.3. The van der Waals surface area contributed by atoms with Crippen molar-refractivity contribution < 1.29 is 18.0 Å². The van der Waals surface area contributed by atoms with E-state index in [1.54, 1.807) is 32.2 Å². The number of hydrogen-bond donors (Lipinski definition) is 1. The van der Waals surface area contributed by atoms with Crippen LogP contribution in [0.1, 0.15) is 46.8 Å². The molecule has 1 aliphatic rings. The zero-order valence-corrected chi connectivity index (χ0v) is 20.7. The first-order valence-electron chi connectivity index (χ1n) is 11.1. The second-order valence-electron chi connectivity index (χ2n) is 8.93. The first-order chi connectivity index (χ1) is 15.5. The summed E-state index contributed by atoms with van der Waals surface area (Å²) >= 11 is 0. The Labute approximate surface area is 196 Å². The number of aromatic nitrogens is 1. The molecule has 0 bridgehead atoms. The lowest BCUT2D eigenvalue weighted by molar-refractivity contribution is -0.116. The predicted molar refractivity (Wildman–Crippen MR) is 128 cm³/mol. The molecule has 2 amide bonds. The monoisotopic (exact) mass is 472 g/mol. The summed E-state index contributed by atoms with van der Waals surface area (Å²) in [5.41, 5.74) is 2.55. The Morgan fingerprint density at radius 3 is 2.45 bits per heavy atom. The third kappa shape index (κ3) is 5.78. The molecular formula is C24H32N4O4S. The van der Waals surface area contributed by atoms with E-state index in [9.17, 15) is 18.0 Å². The first-order valence-corrected chi connectivity index (χ1v) is 12.5. The number of benzene rings is 1. The Morgan fingerprint density at radius 1 is 1.15 bits per heavy atom. The summed E-state index contributed by atoms with van der Waals surface area (Å²) in [6, 6.07) is 6.67. The molecule has 3 rings (SSSR count). The van der Waals surface area contributed by atoms with E-state index in [1.165, 1.54) is 22.3 Å². The van der Waals surface area contributed by atoms with Crippen LogP contribution in [0.3, 0.4) is 0 Å². The van der Waals surface area contributed by atoms with Gasteiger partial charge >= 0.3 is 0 Å². The molecule has 0 saturated carbocycles. The number of nitrogens with zero attached hydrogens (tertiary/aromatic N) is 3. The minimum atomic E-state index is -3.71. The first kappa shape index (κ1) is 24.9. The Bertz CT molecular complexity index is 1160. The van der Waals surface area contributed by atoms with Crippen LogP contribution in [0.25, 0.3) is 0 Å². The van der Waals surface area contributed by atoms with Gasteiger partial charge in [0.15, 0.2) is 0 Å². The van der Waals surface area contributed by atoms with Crippen LogP contribution in [0.5, 0.6) is 0 Å². The topological polar surface area (TPSA) is 99.7 Å². The maximum atomic E-state index is 13.4. The van der Waals surface area contributed by atoms with Gasteiger partial charge in [-0.1, -0.05) is 6.92 Å². The van der Waals surface area contributed by atoms with E-state index in [2.05, 4.69) is 17.2 Å². The number of anilines is 1. The smallest absolute Gasteiger partial charge is 0.254 e. The van der Waals surface area contributed by atoms with E-state index in [4.69, 9.17) is 0 Å². The number of pyridine rings is 1. The van der Waals surface area contributed by atoms with Crippen molar-refractivity contribution in [2.45, 2.75) is 45.4 Å². The third-order valence-electron chi connectivity index (χ3n) is 6.14. The molecule has 1 saturated heterocycles. The van der Waals surface area contributed by atoms with Crippen molar-refractivity contribution in [3.63, 3.8) is 0 Å². The van der Waals surface area contributed by atoms with Gasteiger partial charge in [-0.2, -0.15) is 4.31 Å². The van der Waals surface area contributed by atoms with Crippen LogP contribution < -0.4 is 5.32 Å². The average Bonchev–Trinajstić information content (AvgIpc) is 2.75. The highest BCUT2D eigenvalue weighted by Crippen LogP contribution is 2.28. The van der Waals surface area contributed by atoms with Crippen molar-refractivity contribution in [1.82, 2.24) is 14.2 Å². The van der Waals surface area contributed by atoms with E-state index >= 15 is 0 Å². The number of aryl methyl sites for hydroxylation is 2. The minimum Gasteiger partial charge on any atom is -0.332 e. The molecular weight excluding hydrogens is 440 g/mol. The highest BCUT2D eigenvalue weighted by atomic mass is 32.2. The molecule has 0 spiro atoms. The van der Waals surface area contributed by atoms with Crippen molar-refractivity contribution in [2.24, 2.45) is 5.92 Å². The van der Waals surface area contributed by atoms with Crippen molar-refractivity contribution >= 4 is 27.7 Å². The molecule has 0 radical (unpaired) electrons. The Morgan fingerprint density at radius 2 is 1.82 bits per heavy atom. The standard InChI is InChI=1S/C24H32N4O4S/c1-16-7-10-28(11-8-16)33(31,32)21-14-20(13-18(3)19(21)4)24(30)27(5)15-23(29)26-22-12-17(2)6-9-25-22/h6,9,12-14,16H,7-8,10-11,15H2,1-5H3,(H,25,26,29). The van der Waals surface area contributed by atoms with E-state index in [0.717, 1.165) is 18.4 Å². The number of hydrogen-bond acceptors (Lipinski definition) is 5. The van der Waals surface area contributed by atoms with Crippen molar-refractivity contribution in [3.05, 3.63) is 52.7 Å². The third-order valence-corrected chi connectivity index (χ3v) is 8.16. The van der Waals surface area contributed by atoms with Gasteiger partial charge in [0.2, 0.25) is 15.9 Å². The molecule has 9 heteroatoms. The molecule has 1 aromatic heterocycles. The Kier molecular flexibility index (Phi) is 7.54. The van der Waals surface area contributed by atoms with E-state index < -0.39 is 15.9 Å². The van der Waals surface area contributed by atoms with Gasteiger partial charge < -0.3 is 10.2 Å². The highest BCUT2D eigenvalue weighted by molar-refractivity contribution is 7.89. The number of rotatable bonds is 6. The van der Waals surface area contributed by atoms with Gasteiger partial charge in [0, 0.05) is 31.9 Å². The number of sulfonamides is 1. The molecule has 2 aromatic rings. The van der Waals surface area contributed by atoms with Gasteiger partial charge in [0.1, 0.15) is 5.82 Å². The molecule has 8 nitrogen and oxygen atoms in total. The van der Waals surface area contributed by atoms with Gasteiger partial charge in [-0.3, -0.25) is 9.59 Å². The molecule has 1 aromatic carbocycles. The summed E-state index contributed by atoms with van der Waals surface area (Å²) in [6.45, 7) is 8.34. The SMILES string of the molecule is Cc1ccnc(NC(=O)CN(C)C(=O)c2cc(C)c(C)c(S(=O)(=O)N3CCC(C)CC3)c2)c1. The fourth-order valence-electron chi connectivity index (χ4n) is 3.88. The molecule has 33 heavy (non-hydrogen) atoms. The predicted octanol–water partition coefficient (Wildman–Crippen LogP) is 3.14. The van der Waals surface area contributed by atoms with Crippen LogP contribution in [0.2, 0.25) is 0 Å². The van der Waals surface area contributed by atoms with Gasteiger partial charge in [-0.15, -0.1) is 0 Å². The fourth-order valence-corrected chi connectivity index (χ4v) is 5.67. The number of piperidine rings is 1. The molecule has 2 heterocycles. The van der Waals surface area contributed by atoms with Crippen LogP contribution in [-0.2, 0) is 14.8 Å². The fraction of sp³-hybridized carbons (Fsp3) is 0.458. The number of amides is 2. The average molecular weight is 473 g/mol. The number of carbonyl (C=O) groups is 2. The van der Waals surface area contributed by atoms with Crippen LogP contribution in [0, 0.1) is 26.7 Å². The molecule has 0 aliphatic carbocycles. The molecule has 1 fully saturated rings. The van der Waals surface area contributed by atoms with Crippen LogP contribution in [0.15, 0.2) is 35.4 Å². The summed E-state index contributed by atoms with van der Waals surface area (Å²) in [5.74, 6) is 0.107. The van der Waals surface area contributed by atoms with Crippen LogP contribution in [0.4, 0.5) is 5.82 Å². The van der Waals surface area contributed by atoms with Crippen molar-refractivity contribution in [1.29, 1.82) is 0 Å². The number of nitrogens with one attached hydrogen (secondary N) is 1. The molecule has 1 aliphatic heterocycles. The largest absolute Gasteiger partial charge is 0.332 e. The lowest BCUT2D eigenvalue weighted by atomic mass is 10.0. The maximum Gasteiger partial charge on any atom is 0.254 e. The molecule has 0 unspecified atom stereocenters. The lowest BCUT2D eigenvalue weighted by Gasteiger charge is -2.30. The van der Waals surface area contributed by atoms with Gasteiger partial charge in [0.05, 0.1) is 11.4 Å². The van der Waals surface area contributed by atoms with Crippen molar-refractivity contribution in [2.75, 3.05) is 32.0 Å². The summed E-state index contributed by atoms with van der Waals surface area (Å²) in [5, 5.41) is 2.68. The summed E-state index contributed by atoms with van der Waals surface area (Å²) in [7, 11) is -2.20. The van der Waals surface area contributed by atoms with Gasteiger partial charge in [-0.05, 0) is 80.5 Å². The summed E-state index contributed by atoms with van der Waals surface area (Å²) < 4.78 is 28.2. The quantitative estimate of drug-likeness (QED) is 0.696. The number of carbonyl (C=O) groups excluding carboxylic acids is 2. The lowest BCUT2D eigenvalue weighted by Crippen LogP contribution is -2.38. The van der Waals surface area contributed by atoms with Crippen LogP contribution in [-0.4, -0.2) is 61.1 Å². The number of likely N-dealkylation sites (N-methyl/N-ethyl adjacent to an activating group) is 1. The highest BCUT2D eigenvalue weighted by Gasteiger charge is 2.31. The molecule has 178 valence electrons. The Hall–Kier alpha value is -2.78. The zero-order chi connectivity index (χ0) is 24.3. The van der Waals surface area contributed by atoms with Crippen LogP contribution >= 0.6 is 0 Å². The van der Waals surface area contributed by atoms with E-state index in [-0.39, 0.29) is 22.9 Å². The van der Waals surface area contributed by atoms with E-state index in [0.29, 0.717) is 36.0 Å².